The van der Waals surface area contributed by atoms with E-state index in [1.165, 1.54) is 11.3 Å². The molecule has 0 radical (unpaired) electrons. The molecule has 0 bridgehead atoms. The molecule has 0 saturated carbocycles. The van der Waals surface area contributed by atoms with Crippen molar-refractivity contribution in [2.24, 2.45) is 0 Å². The smallest absolute Gasteiger partial charge is 0.267 e. The zero-order chi connectivity index (χ0) is 17.1. The van der Waals surface area contributed by atoms with Crippen LogP contribution in [0.3, 0.4) is 0 Å². The summed E-state index contributed by atoms with van der Waals surface area (Å²) in [6.45, 7) is 5.87. The van der Waals surface area contributed by atoms with Crippen molar-refractivity contribution in [2.75, 3.05) is 5.32 Å². The van der Waals surface area contributed by atoms with Crippen LogP contribution in [0.5, 0.6) is 0 Å². The van der Waals surface area contributed by atoms with Gasteiger partial charge in [0.05, 0.1) is 16.4 Å². The Morgan fingerprint density at radius 2 is 2.12 bits per heavy atom. The SMILES string of the molecule is CCCc1nc(C)c(C(=O)Nc2cccnc2-n2ccnc2C)s1. The maximum atomic E-state index is 12.7. The number of thiazole rings is 1. The molecule has 0 aliphatic carbocycles. The number of hydrogen-bond donors (Lipinski definition) is 1. The molecule has 3 aromatic heterocycles. The molecule has 24 heavy (non-hydrogen) atoms. The van der Waals surface area contributed by atoms with Gasteiger partial charge in [-0.25, -0.2) is 15.0 Å². The number of hydrogen-bond acceptors (Lipinski definition) is 5. The number of nitrogens with zero attached hydrogens (tertiary/aromatic N) is 4. The van der Waals surface area contributed by atoms with E-state index in [2.05, 4.69) is 27.2 Å². The first-order chi connectivity index (χ1) is 11.6. The Morgan fingerprint density at radius 1 is 1.29 bits per heavy atom. The average molecular weight is 341 g/mol. The van der Waals surface area contributed by atoms with Crippen molar-refractivity contribution in [3.8, 4) is 5.82 Å². The third-order valence-corrected chi connectivity index (χ3v) is 4.82. The molecule has 3 aromatic rings. The van der Waals surface area contributed by atoms with Crippen LogP contribution in [0.1, 0.15) is 39.5 Å². The number of rotatable bonds is 5. The van der Waals surface area contributed by atoms with Crippen molar-refractivity contribution in [1.82, 2.24) is 19.5 Å². The van der Waals surface area contributed by atoms with Crippen molar-refractivity contribution in [3.63, 3.8) is 0 Å². The third-order valence-electron chi connectivity index (χ3n) is 3.60. The maximum absolute atomic E-state index is 12.7. The number of aromatic nitrogens is 4. The Bertz CT molecular complexity index is 868. The van der Waals surface area contributed by atoms with Crippen LogP contribution in [0.15, 0.2) is 30.7 Å². The molecule has 0 atom stereocenters. The Balaban J connectivity index is 1.89. The Kier molecular flexibility index (Phi) is 4.71. The Morgan fingerprint density at radius 3 is 2.83 bits per heavy atom. The first-order valence-electron chi connectivity index (χ1n) is 7.83. The summed E-state index contributed by atoms with van der Waals surface area (Å²) in [5.74, 6) is 1.31. The minimum atomic E-state index is -0.153. The second-order valence-electron chi connectivity index (χ2n) is 5.45. The van der Waals surface area contributed by atoms with Crippen molar-refractivity contribution in [1.29, 1.82) is 0 Å². The van der Waals surface area contributed by atoms with Gasteiger partial charge in [0.15, 0.2) is 5.82 Å². The Labute approximate surface area is 144 Å². The fraction of sp³-hybridized carbons (Fsp3) is 0.294. The van der Waals surface area contributed by atoms with Crippen LogP contribution in [0, 0.1) is 13.8 Å². The summed E-state index contributed by atoms with van der Waals surface area (Å²) in [5, 5.41) is 3.96. The van der Waals surface area contributed by atoms with Gasteiger partial charge in [0, 0.05) is 18.6 Å². The van der Waals surface area contributed by atoms with Crippen molar-refractivity contribution in [2.45, 2.75) is 33.6 Å². The van der Waals surface area contributed by atoms with Gasteiger partial charge in [0.1, 0.15) is 10.7 Å². The molecule has 0 saturated heterocycles. The number of anilines is 1. The fourth-order valence-electron chi connectivity index (χ4n) is 2.45. The number of pyridine rings is 1. The highest BCUT2D eigenvalue weighted by Crippen LogP contribution is 2.23. The van der Waals surface area contributed by atoms with Gasteiger partial charge in [0.2, 0.25) is 0 Å². The summed E-state index contributed by atoms with van der Waals surface area (Å²) in [5.41, 5.74) is 1.42. The molecular weight excluding hydrogens is 322 g/mol. The zero-order valence-electron chi connectivity index (χ0n) is 13.9. The zero-order valence-corrected chi connectivity index (χ0v) is 14.7. The highest BCUT2D eigenvalue weighted by molar-refractivity contribution is 7.13. The first-order valence-corrected chi connectivity index (χ1v) is 8.64. The van der Waals surface area contributed by atoms with E-state index < -0.39 is 0 Å². The van der Waals surface area contributed by atoms with Crippen molar-refractivity contribution >= 4 is 22.9 Å². The molecule has 1 N–H and O–H groups in total. The molecule has 7 heteroatoms. The van der Waals surface area contributed by atoms with Crippen LogP contribution in [-0.4, -0.2) is 25.4 Å². The number of nitrogens with one attached hydrogen (secondary N) is 1. The molecule has 0 fully saturated rings. The number of carbonyl (C=O) groups is 1. The number of aryl methyl sites for hydroxylation is 3. The summed E-state index contributed by atoms with van der Waals surface area (Å²) in [6.07, 6.45) is 7.14. The largest absolute Gasteiger partial charge is 0.318 e. The standard InChI is InChI=1S/C17H19N5OS/c1-4-6-14-20-11(2)15(24-14)17(23)21-13-7-5-8-19-16(13)22-10-9-18-12(22)3/h5,7-10H,4,6H2,1-3H3,(H,21,23). The molecule has 124 valence electrons. The quantitative estimate of drug-likeness (QED) is 0.770. The van der Waals surface area contributed by atoms with Gasteiger partial charge < -0.3 is 5.32 Å². The monoisotopic (exact) mass is 341 g/mol. The minimum Gasteiger partial charge on any atom is -0.318 e. The normalized spacial score (nSPS) is 10.8. The highest BCUT2D eigenvalue weighted by atomic mass is 32.1. The van der Waals surface area contributed by atoms with E-state index in [-0.39, 0.29) is 5.91 Å². The van der Waals surface area contributed by atoms with Crippen molar-refractivity contribution < 1.29 is 4.79 Å². The molecule has 0 aromatic carbocycles. The van der Waals surface area contributed by atoms with Gasteiger partial charge in [-0.3, -0.25) is 9.36 Å². The lowest BCUT2D eigenvalue weighted by atomic mass is 10.3. The van der Waals surface area contributed by atoms with E-state index in [0.717, 1.165) is 29.4 Å². The van der Waals surface area contributed by atoms with Crippen LogP contribution in [0.25, 0.3) is 5.82 Å². The molecule has 0 spiro atoms. The number of imidazole rings is 1. The van der Waals surface area contributed by atoms with Gasteiger partial charge >= 0.3 is 0 Å². The molecular formula is C17H19N5OS. The summed E-state index contributed by atoms with van der Waals surface area (Å²) in [4.78, 5) is 26.4. The van der Waals surface area contributed by atoms with E-state index >= 15 is 0 Å². The van der Waals surface area contributed by atoms with Crippen LogP contribution >= 0.6 is 11.3 Å². The lowest BCUT2D eigenvalue weighted by Crippen LogP contribution is -2.14. The number of carbonyl (C=O) groups excluding carboxylic acids is 1. The molecule has 0 unspecified atom stereocenters. The summed E-state index contributed by atoms with van der Waals surface area (Å²) >= 11 is 1.46. The molecule has 3 rings (SSSR count). The van der Waals surface area contributed by atoms with Crippen LogP contribution in [0.2, 0.25) is 0 Å². The molecule has 6 nitrogen and oxygen atoms in total. The summed E-state index contributed by atoms with van der Waals surface area (Å²) in [7, 11) is 0. The second kappa shape index (κ2) is 6.92. The Hall–Kier alpha value is -2.54. The lowest BCUT2D eigenvalue weighted by molar-refractivity contribution is 0.102. The van der Waals surface area contributed by atoms with E-state index in [4.69, 9.17) is 0 Å². The van der Waals surface area contributed by atoms with Gasteiger partial charge in [0.25, 0.3) is 5.91 Å². The lowest BCUT2D eigenvalue weighted by Gasteiger charge is -2.11. The molecule has 1 amide bonds. The van der Waals surface area contributed by atoms with Crippen LogP contribution in [-0.2, 0) is 6.42 Å². The topological polar surface area (TPSA) is 72.7 Å². The predicted molar refractivity (Wildman–Crippen MR) is 94.9 cm³/mol. The van der Waals surface area contributed by atoms with Gasteiger partial charge in [-0.1, -0.05) is 6.92 Å². The van der Waals surface area contributed by atoms with E-state index in [9.17, 15) is 4.79 Å². The minimum absolute atomic E-state index is 0.153. The van der Waals surface area contributed by atoms with Crippen molar-refractivity contribution in [3.05, 3.63) is 52.1 Å². The average Bonchev–Trinajstić information content (AvgIpc) is 3.14. The summed E-state index contributed by atoms with van der Waals surface area (Å²) in [6, 6.07) is 3.64. The third kappa shape index (κ3) is 3.21. The van der Waals surface area contributed by atoms with Gasteiger partial charge in [-0.15, -0.1) is 11.3 Å². The van der Waals surface area contributed by atoms with Gasteiger partial charge in [-0.05, 0) is 38.8 Å². The second-order valence-corrected chi connectivity index (χ2v) is 6.53. The predicted octanol–water partition coefficient (Wildman–Crippen LogP) is 3.55. The van der Waals surface area contributed by atoms with E-state index in [1.807, 2.05) is 30.7 Å². The van der Waals surface area contributed by atoms with Gasteiger partial charge in [-0.2, -0.15) is 0 Å². The fourth-order valence-corrected chi connectivity index (χ4v) is 3.51. The molecule has 0 aliphatic heterocycles. The molecule has 3 heterocycles. The number of amides is 1. The van der Waals surface area contributed by atoms with E-state index in [0.29, 0.717) is 16.4 Å². The summed E-state index contributed by atoms with van der Waals surface area (Å²) < 4.78 is 1.84. The van der Waals surface area contributed by atoms with Crippen LogP contribution < -0.4 is 5.32 Å². The highest BCUT2D eigenvalue weighted by Gasteiger charge is 2.17. The molecule has 0 aliphatic rings. The van der Waals surface area contributed by atoms with Crippen LogP contribution in [0.4, 0.5) is 5.69 Å². The first kappa shape index (κ1) is 16.3. The maximum Gasteiger partial charge on any atom is 0.267 e. The van der Waals surface area contributed by atoms with E-state index in [1.54, 1.807) is 18.5 Å².